The number of ether oxygens (including phenoxy) is 1. The summed E-state index contributed by atoms with van der Waals surface area (Å²) in [6, 6.07) is 9.06. The van der Waals surface area contributed by atoms with Crippen LogP contribution in [0.2, 0.25) is 0 Å². The van der Waals surface area contributed by atoms with Gasteiger partial charge in [0.05, 0.1) is 18.7 Å². The number of ketones is 1. The van der Waals surface area contributed by atoms with E-state index < -0.39 is 11.7 Å². The van der Waals surface area contributed by atoms with Crippen molar-refractivity contribution in [2.24, 2.45) is 0 Å². The van der Waals surface area contributed by atoms with Gasteiger partial charge in [0.2, 0.25) is 0 Å². The van der Waals surface area contributed by atoms with Gasteiger partial charge >= 0.3 is 6.18 Å². The minimum atomic E-state index is -4.38. The summed E-state index contributed by atoms with van der Waals surface area (Å²) in [7, 11) is 0. The summed E-state index contributed by atoms with van der Waals surface area (Å²) >= 11 is 0. The fraction of sp³-hybridized carbons (Fsp3) is 0.350. The predicted octanol–water partition coefficient (Wildman–Crippen LogP) is 2.45. The molecular weight excluding hydrogens is 387 g/mol. The lowest BCUT2D eigenvalue weighted by Gasteiger charge is -2.31. The maximum Gasteiger partial charge on any atom is 0.419 e. The summed E-state index contributed by atoms with van der Waals surface area (Å²) in [5.74, 6) is 0.749. The van der Waals surface area contributed by atoms with Crippen molar-refractivity contribution in [2.45, 2.75) is 13.1 Å². The number of carbonyl (C=O) groups is 2. The van der Waals surface area contributed by atoms with Crippen LogP contribution in [-0.4, -0.2) is 49.4 Å². The molecule has 1 aromatic carbocycles. The number of aromatic amines is 1. The number of Topliss-reactive ketones (excluding diaryl/α,β-unsaturated/α-hetero) is 1. The zero-order valence-corrected chi connectivity index (χ0v) is 15.8. The van der Waals surface area contributed by atoms with Crippen molar-refractivity contribution in [3.8, 4) is 5.75 Å². The van der Waals surface area contributed by atoms with Crippen LogP contribution in [0.15, 0.2) is 42.6 Å². The van der Waals surface area contributed by atoms with E-state index in [1.807, 2.05) is 4.90 Å². The summed E-state index contributed by atoms with van der Waals surface area (Å²) in [5, 5.41) is 0. The minimum absolute atomic E-state index is 0.0852. The quantitative estimate of drug-likeness (QED) is 0.713. The van der Waals surface area contributed by atoms with Gasteiger partial charge in [-0.3, -0.25) is 14.5 Å². The third kappa shape index (κ3) is 5.24. The Bertz CT molecular complexity index is 877. The van der Waals surface area contributed by atoms with Crippen molar-refractivity contribution in [2.75, 3.05) is 37.7 Å². The Hall–Kier alpha value is -3.10. The van der Waals surface area contributed by atoms with Gasteiger partial charge in [-0.05, 0) is 25.1 Å². The monoisotopic (exact) mass is 408 g/mol. The number of amides is 1. The standard InChI is InChI=1S/C20H20F3N3O3/c1-14(27)15-3-2-4-17(11-15)29-13-19(28)26-9-7-25(8-10-26)18-6-5-16(12-24-18)20(21,22)23/h2-6,11-12H,7-10,13H2,1H3/p+1. The van der Waals surface area contributed by atoms with Gasteiger partial charge in [0.15, 0.2) is 12.4 Å². The molecule has 3 rings (SSSR count). The van der Waals surface area contributed by atoms with E-state index in [0.717, 1.165) is 12.3 Å². The molecule has 29 heavy (non-hydrogen) atoms. The number of alkyl halides is 3. The zero-order chi connectivity index (χ0) is 21.0. The molecule has 0 radical (unpaired) electrons. The highest BCUT2D eigenvalue weighted by atomic mass is 19.4. The maximum absolute atomic E-state index is 12.7. The average Bonchev–Trinajstić information content (AvgIpc) is 2.72. The topological polar surface area (TPSA) is 64.0 Å². The van der Waals surface area contributed by atoms with Crippen LogP contribution in [-0.2, 0) is 11.0 Å². The van der Waals surface area contributed by atoms with E-state index in [1.165, 1.54) is 13.0 Å². The van der Waals surface area contributed by atoms with Gasteiger partial charge in [-0.2, -0.15) is 13.2 Å². The Balaban J connectivity index is 1.50. The molecular formula is C20H21F3N3O3+. The predicted molar refractivity (Wildman–Crippen MR) is 98.7 cm³/mol. The van der Waals surface area contributed by atoms with E-state index in [2.05, 4.69) is 4.98 Å². The first-order valence-electron chi connectivity index (χ1n) is 9.09. The van der Waals surface area contributed by atoms with Gasteiger partial charge in [-0.25, -0.2) is 4.98 Å². The molecule has 1 fully saturated rings. The SMILES string of the molecule is CC(=O)c1cccc(OCC(=O)N2CCN(c3ccc(C(F)(F)F)c[nH+]3)CC2)c1. The number of halogens is 3. The summed E-state index contributed by atoms with van der Waals surface area (Å²) in [6.45, 7) is 3.17. The number of nitrogens with zero attached hydrogens (tertiary/aromatic N) is 2. The van der Waals surface area contributed by atoms with Crippen LogP contribution < -0.4 is 14.6 Å². The fourth-order valence-electron chi connectivity index (χ4n) is 3.03. The highest BCUT2D eigenvalue weighted by Crippen LogP contribution is 2.28. The summed E-state index contributed by atoms with van der Waals surface area (Å²) in [6.07, 6.45) is -3.44. The second kappa shape index (κ2) is 8.50. The van der Waals surface area contributed by atoms with Gasteiger partial charge in [-0.15, -0.1) is 0 Å². The first-order valence-corrected chi connectivity index (χ1v) is 9.09. The molecule has 1 N–H and O–H groups in total. The number of hydrogen-bond donors (Lipinski definition) is 0. The van der Waals surface area contributed by atoms with E-state index >= 15 is 0 Å². The molecule has 1 saturated heterocycles. The number of anilines is 1. The fourth-order valence-corrected chi connectivity index (χ4v) is 3.03. The van der Waals surface area contributed by atoms with Crippen molar-refractivity contribution < 1.29 is 32.5 Å². The number of carbonyl (C=O) groups excluding carboxylic acids is 2. The van der Waals surface area contributed by atoms with Gasteiger partial charge in [0, 0.05) is 11.6 Å². The number of aromatic nitrogens is 1. The molecule has 0 unspecified atom stereocenters. The summed E-state index contributed by atoms with van der Waals surface area (Å²) in [5.41, 5.74) is -0.225. The number of nitrogens with one attached hydrogen (secondary N) is 1. The van der Waals surface area contributed by atoms with Crippen molar-refractivity contribution >= 4 is 17.5 Å². The van der Waals surface area contributed by atoms with Gasteiger partial charge in [0.1, 0.15) is 25.0 Å². The number of hydrogen-bond acceptors (Lipinski definition) is 4. The first-order chi connectivity index (χ1) is 13.7. The molecule has 1 amide bonds. The molecule has 6 nitrogen and oxygen atoms in total. The van der Waals surface area contributed by atoms with Crippen LogP contribution in [0.4, 0.5) is 19.0 Å². The molecule has 0 bridgehead atoms. The van der Waals surface area contributed by atoms with Crippen LogP contribution in [0, 0.1) is 0 Å². The number of piperazine rings is 1. The number of rotatable bonds is 5. The molecule has 9 heteroatoms. The lowest BCUT2D eigenvalue weighted by atomic mass is 10.1. The Kier molecular flexibility index (Phi) is 6.05. The molecule has 154 valence electrons. The normalized spacial score (nSPS) is 14.6. The second-order valence-corrected chi connectivity index (χ2v) is 6.70. The van der Waals surface area contributed by atoms with Crippen LogP contribution in [0.1, 0.15) is 22.8 Å². The van der Waals surface area contributed by atoms with Crippen LogP contribution in [0.3, 0.4) is 0 Å². The molecule has 1 aliphatic heterocycles. The van der Waals surface area contributed by atoms with Crippen molar-refractivity contribution in [3.05, 3.63) is 53.7 Å². The van der Waals surface area contributed by atoms with E-state index in [1.54, 1.807) is 29.2 Å². The second-order valence-electron chi connectivity index (χ2n) is 6.70. The van der Waals surface area contributed by atoms with Crippen molar-refractivity contribution in [1.29, 1.82) is 0 Å². The third-order valence-electron chi connectivity index (χ3n) is 4.70. The minimum Gasteiger partial charge on any atom is -0.484 e. The smallest absolute Gasteiger partial charge is 0.419 e. The zero-order valence-electron chi connectivity index (χ0n) is 15.8. The first kappa shape index (κ1) is 20.6. The average molecular weight is 408 g/mol. The molecule has 2 aromatic rings. The van der Waals surface area contributed by atoms with Crippen LogP contribution in [0.25, 0.3) is 0 Å². The molecule has 0 spiro atoms. The third-order valence-corrected chi connectivity index (χ3v) is 4.70. The highest BCUT2D eigenvalue weighted by Gasteiger charge is 2.33. The molecule has 0 aliphatic carbocycles. The van der Waals surface area contributed by atoms with E-state index in [9.17, 15) is 22.8 Å². The molecule has 0 atom stereocenters. The van der Waals surface area contributed by atoms with E-state index in [-0.39, 0.29) is 18.3 Å². The number of benzene rings is 1. The largest absolute Gasteiger partial charge is 0.484 e. The number of pyridine rings is 1. The van der Waals surface area contributed by atoms with E-state index in [4.69, 9.17) is 4.74 Å². The molecule has 0 saturated carbocycles. The van der Waals surface area contributed by atoms with E-state index in [0.29, 0.717) is 43.3 Å². The Labute approximate surface area is 165 Å². The molecule has 2 heterocycles. The van der Waals surface area contributed by atoms with Crippen LogP contribution in [0.5, 0.6) is 5.75 Å². The maximum atomic E-state index is 12.7. The lowest BCUT2D eigenvalue weighted by Crippen LogP contribution is -2.51. The van der Waals surface area contributed by atoms with Gasteiger partial charge < -0.3 is 9.64 Å². The van der Waals surface area contributed by atoms with Gasteiger partial charge in [0.25, 0.3) is 11.7 Å². The van der Waals surface area contributed by atoms with Crippen LogP contribution >= 0.6 is 0 Å². The van der Waals surface area contributed by atoms with Crippen molar-refractivity contribution in [1.82, 2.24) is 4.90 Å². The number of H-pyrrole nitrogens is 1. The summed E-state index contributed by atoms with van der Waals surface area (Å²) < 4.78 is 43.5. The van der Waals surface area contributed by atoms with Gasteiger partial charge in [-0.1, -0.05) is 12.1 Å². The molecule has 1 aromatic heterocycles. The highest BCUT2D eigenvalue weighted by molar-refractivity contribution is 5.94. The Morgan fingerprint density at radius 1 is 1.10 bits per heavy atom. The molecule has 1 aliphatic rings. The summed E-state index contributed by atoms with van der Waals surface area (Å²) in [4.78, 5) is 30.0. The Morgan fingerprint density at radius 3 is 2.41 bits per heavy atom. The lowest BCUT2D eigenvalue weighted by molar-refractivity contribution is -0.367. The Morgan fingerprint density at radius 2 is 1.83 bits per heavy atom. The van der Waals surface area contributed by atoms with Crippen molar-refractivity contribution in [3.63, 3.8) is 0 Å².